The molecule has 0 unspecified atom stereocenters. The van der Waals surface area contributed by atoms with Gasteiger partial charge in [0.05, 0.1) is 6.20 Å². The van der Waals surface area contributed by atoms with Gasteiger partial charge in [0, 0.05) is 18.1 Å². The maximum Gasteiger partial charge on any atom is 0.148 e. The molecule has 0 radical (unpaired) electrons. The molecule has 14 heavy (non-hydrogen) atoms. The van der Waals surface area contributed by atoms with Crippen LogP contribution in [-0.4, -0.2) is 28.0 Å². The second-order valence-corrected chi connectivity index (χ2v) is 4.07. The highest BCUT2D eigenvalue weighted by Crippen LogP contribution is 2.15. The summed E-state index contributed by atoms with van der Waals surface area (Å²) < 4.78 is 0. The molecule has 0 bridgehead atoms. The van der Waals surface area contributed by atoms with Crippen LogP contribution in [0.15, 0.2) is 25.2 Å². The molecular formula is C9H12ClN3S. The lowest BCUT2D eigenvalue weighted by molar-refractivity contribution is 1.12. The fourth-order valence-electron chi connectivity index (χ4n) is 0.851. The number of thioether (sulfide) groups is 1. The van der Waals surface area contributed by atoms with E-state index in [1.807, 2.05) is 17.8 Å². The Morgan fingerprint density at radius 1 is 1.64 bits per heavy atom. The quantitative estimate of drug-likeness (QED) is 0.601. The van der Waals surface area contributed by atoms with Crippen molar-refractivity contribution < 1.29 is 0 Å². The lowest BCUT2D eigenvalue weighted by Crippen LogP contribution is -2.06. The van der Waals surface area contributed by atoms with E-state index >= 15 is 0 Å². The Bertz CT molecular complexity index is 293. The Morgan fingerprint density at radius 3 is 3.21 bits per heavy atom. The minimum absolute atomic E-state index is 0.557. The number of rotatable bonds is 6. The monoisotopic (exact) mass is 229 g/mol. The Labute approximate surface area is 93.0 Å². The van der Waals surface area contributed by atoms with Crippen LogP contribution in [0.1, 0.15) is 0 Å². The molecule has 1 aromatic heterocycles. The summed E-state index contributed by atoms with van der Waals surface area (Å²) in [6, 6.07) is 0. The fraction of sp³-hybridized carbons (Fsp3) is 0.333. The Hall–Kier alpha value is -0.740. The fourth-order valence-corrected chi connectivity index (χ4v) is 1.60. The molecule has 5 heteroatoms. The van der Waals surface area contributed by atoms with E-state index in [0.29, 0.717) is 10.8 Å². The number of hydrogen-bond acceptors (Lipinski definition) is 4. The van der Waals surface area contributed by atoms with Crippen molar-refractivity contribution in [2.24, 2.45) is 0 Å². The molecule has 0 amide bonds. The lowest BCUT2D eigenvalue weighted by Gasteiger charge is -2.05. The van der Waals surface area contributed by atoms with Gasteiger partial charge in [-0.2, -0.15) is 11.8 Å². The second-order valence-electron chi connectivity index (χ2n) is 2.51. The number of anilines is 1. The van der Waals surface area contributed by atoms with E-state index in [2.05, 4.69) is 21.9 Å². The topological polar surface area (TPSA) is 37.8 Å². The number of aromatic nitrogens is 2. The number of nitrogens with one attached hydrogen (secondary N) is 1. The van der Waals surface area contributed by atoms with Crippen LogP contribution in [0.4, 0.5) is 5.82 Å². The predicted octanol–water partition coefficient (Wildman–Crippen LogP) is 2.46. The van der Waals surface area contributed by atoms with Crippen molar-refractivity contribution in [2.75, 3.05) is 23.4 Å². The normalized spacial score (nSPS) is 9.79. The summed E-state index contributed by atoms with van der Waals surface area (Å²) in [6.07, 6.45) is 4.95. The van der Waals surface area contributed by atoms with Gasteiger partial charge in [-0.3, -0.25) is 0 Å². The summed E-state index contributed by atoms with van der Waals surface area (Å²) in [7, 11) is 0. The van der Waals surface area contributed by atoms with Crippen molar-refractivity contribution in [1.29, 1.82) is 0 Å². The zero-order valence-corrected chi connectivity index (χ0v) is 9.31. The van der Waals surface area contributed by atoms with Gasteiger partial charge in [-0.15, -0.1) is 6.58 Å². The van der Waals surface area contributed by atoms with Crippen LogP contribution < -0.4 is 5.32 Å². The largest absolute Gasteiger partial charge is 0.368 e. The van der Waals surface area contributed by atoms with Crippen molar-refractivity contribution in [3.8, 4) is 0 Å². The van der Waals surface area contributed by atoms with E-state index in [1.54, 1.807) is 6.20 Å². The van der Waals surface area contributed by atoms with E-state index in [1.165, 1.54) is 6.33 Å². The number of halogens is 1. The third-order valence-electron chi connectivity index (χ3n) is 1.44. The van der Waals surface area contributed by atoms with Gasteiger partial charge in [0.1, 0.15) is 17.2 Å². The predicted molar refractivity (Wildman–Crippen MR) is 63.1 cm³/mol. The summed E-state index contributed by atoms with van der Waals surface area (Å²) in [6.45, 7) is 4.49. The van der Waals surface area contributed by atoms with Crippen molar-refractivity contribution in [3.63, 3.8) is 0 Å². The second kappa shape index (κ2) is 6.68. The van der Waals surface area contributed by atoms with E-state index in [0.717, 1.165) is 18.1 Å². The smallest absolute Gasteiger partial charge is 0.148 e. The minimum Gasteiger partial charge on any atom is -0.368 e. The zero-order chi connectivity index (χ0) is 10.2. The Balaban J connectivity index is 2.24. The van der Waals surface area contributed by atoms with Gasteiger partial charge in [-0.1, -0.05) is 17.7 Å². The number of nitrogens with zero attached hydrogens (tertiary/aromatic N) is 2. The van der Waals surface area contributed by atoms with E-state index in [9.17, 15) is 0 Å². The van der Waals surface area contributed by atoms with Gasteiger partial charge in [0.2, 0.25) is 0 Å². The number of hydrogen-bond donors (Lipinski definition) is 1. The molecule has 0 spiro atoms. The Kier molecular flexibility index (Phi) is 5.40. The summed E-state index contributed by atoms with van der Waals surface area (Å²) >= 11 is 7.67. The summed E-state index contributed by atoms with van der Waals surface area (Å²) in [5.41, 5.74) is 0. The Morgan fingerprint density at radius 2 is 2.50 bits per heavy atom. The molecule has 0 aliphatic carbocycles. The first-order valence-corrected chi connectivity index (χ1v) is 5.76. The molecule has 0 aromatic carbocycles. The average molecular weight is 230 g/mol. The van der Waals surface area contributed by atoms with Gasteiger partial charge in [0.15, 0.2) is 0 Å². The van der Waals surface area contributed by atoms with Gasteiger partial charge in [-0.05, 0) is 0 Å². The third-order valence-corrected chi connectivity index (χ3v) is 2.68. The van der Waals surface area contributed by atoms with Crippen LogP contribution in [0.5, 0.6) is 0 Å². The summed E-state index contributed by atoms with van der Waals surface area (Å²) in [4.78, 5) is 7.81. The van der Waals surface area contributed by atoms with Gasteiger partial charge < -0.3 is 5.32 Å². The first-order valence-electron chi connectivity index (χ1n) is 4.22. The first-order chi connectivity index (χ1) is 6.84. The molecular weight excluding hydrogens is 218 g/mol. The van der Waals surface area contributed by atoms with Crippen molar-refractivity contribution in [1.82, 2.24) is 9.97 Å². The molecule has 1 aromatic rings. The highest BCUT2D eigenvalue weighted by Gasteiger charge is 1.98. The maximum absolute atomic E-state index is 5.85. The van der Waals surface area contributed by atoms with E-state index in [4.69, 9.17) is 11.6 Å². The molecule has 0 saturated heterocycles. The van der Waals surface area contributed by atoms with Gasteiger partial charge in [0.25, 0.3) is 0 Å². The van der Waals surface area contributed by atoms with Crippen LogP contribution in [0.2, 0.25) is 5.02 Å². The van der Waals surface area contributed by atoms with Gasteiger partial charge >= 0.3 is 0 Å². The average Bonchev–Trinajstić information content (AvgIpc) is 2.20. The van der Waals surface area contributed by atoms with Crippen molar-refractivity contribution in [3.05, 3.63) is 30.2 Å². The maximum atomic E-state index is 5.85. The molecule has 0 atom stereocenters. The summed E-state index contributed by atoms with van der Waals surface area (Å²) in [5, 5.41) is 3.69. The molecule has 0 saturated carbocycles. The summed E-state index contributed by atoms with van der Waals surface area (Å²) in [5.74, 6) is 2.67. The molecule has 3 nitrogen and oxygen atoms in total. The molecule has 76 valence electrons. The van der Waals surface area contributed by atoms with Crippen LogP contribution in [0.25, 0.3) is 0 Å². The van der Waals surface area contributed by atoms with Crippen LogP contribution in [-0.2, 0) is 0 Å². The lowest BCUT2D eigenvalue weighted by atomic mass is 10.5. The van der Waals surface area contributed by atoms with Crippen molar-refractivity contribution >= 4 is 29.2 Å². The van der Waals surface area contributed by atoms with Crippen LogP contribution in [0.3, 0.4) is 0 Å². The molecule has 1 rings (SSSR count). The molecule has 1 N–H and O–H groups in total. The van der Waals surface area contributed by atoms with Crippen LogP contribution in [0, 0.1) is 0 Å². The third kappa shape index (κ3) is 3.98. The molecule has 0 fully saturated rings. The van der Waals surface area contributed by atoms with E-state index in [-0.39, 0.29) is 0 Å². The minimum atomic E-state index is 0.557. The molecule has 1 heterocycles. The highest BCUT2D eigenvalue weighted by molar-refractivity contribution is 7.99. The van der Waals surface area contributed by atoms with Crippen LogP contribution >= 0.6 is 23.4 Å². The SMILES string of the molecule is C=CCSCCNc1ncncc1Cl. The highest BCUT2D eigenvalue weighted by atomic mass is 35.5. The van der Waals surface area contributed by atoms with Gasteiger partial charge in [-0.25, -0.2) is 9.97 Å². The first kappa shape index (κ1) is 11.3. The standard InChI is InChI=1S/C9H12ClN3S/c1-2-4-14-5-3-12-9-8(10)6-11-7-13-9/h2,6-7H,1,3-5H2,(H,11,12,13). The molecule has 0 aliphatic rings. The van der Waals surface area contributed by atoms with E-state index < -0.39 is 0 Å². The van der Waals surface area contributed by atoms with Crippen molar-refractivity contribution in [2.45, 2.75) is 0 Å². The zero-order valence-electron chi connectivity index (χ0n) is 7.74. The molecule has 0 aliphatic heterocycles.